The van der Waals surface area contributed by atoms with E-state index in [1.54, 1.807) is 43.3 Å². The van der Waals surface area contributed by atoms with Crippen molar-refractivity contribution in [2.24, 2.45) is 0 Å². The van der Waals surface area contributed by atoms with Crippen molar-refractivity contribution in [1.82, 2.24) is 10.2 Å². The van der Waals surface area contributed by atoms with Gasteiger partial charge in [0.1, 0.15) is 24.2 Å². The van der Waals surface area contributed by atoms with E-state index in [9.17, 15) is 22.4 Å². The van der Waals surface area contributed by atoms with Crippen LogP contribution in [0.4, 0.5) is 10.1 Å². The third-order valence-electron chi connectivity index (χ3n) is 6.05. The Labute approximate surface area is 249 Å². The van der Waals surface area contributed by atoms with E-state index in [0.29, 0.717) is 22.4 Å². The summed E-state index contributed by atoms with van der Waals surface area (Å²) < 4.78 is 48.6. The van der Waals surface area contributed by atoms with Gasteiger partial charge in [0.2, 0.25) is 11.8 Å². The molecular formula is C30H35BrFN3O5S. The van der Waals surface area contributed by atoms with Crippen LogP contribution in [0.25, 0.3) is 0 Å². The molecule has 1 atom stereocenters. The quantitative estimate of drug-likeness (QED) is 0.296. The van der Waals surface area contributed by atoms with Crippen LogP contribution >= 0.6 is 15.9 Å². The molecule has 0 heterocycles. The second kappa shape index (κ2) is 13.5. The Morgan fingerprint density at radius 2 is 1.56 bits per heavy atom. The number of sulfonamides is 1. The van der Waals surface area contributed by atoms with Crippen LogP contribution in [0, 0.1) is 5.82 Å². The summed E-state index contributed by atoms with van der Waals surface area (Å²) in [6, 6.07) is 17.1. The van der Waals surface area contributed by atoms with Gasteiger partial charge in [0.05, 0.1) is 17.2 Å². The van der Waals surface area contributed by atoms with Gasteiger partial charge in [0.25, 0.3) is 10.0 Å². The molecule has 2 amide bonds. The molecule has 1 N–H and O–H groups in total. The SMILES string of the molecule is CCOc1ccc(N(CC(=O)N(Cc2ccc(F)cc2)[C@@H](C)C(=O)NC(C)(C)C)S(=O)(=O)c2ccc(Br)cc2)cc1. The molecule has 0 saturated heterocycles. The van der Waals surface area contributed by atoms with Crippen LogP contribution in [0.3, 0.4) is 0 Å². The lowest BCUT2D eigenvalue weighted by Gasteiger charge is -2.33. The molecular weight excluding hydrogens is 613 g/mol. The highest BCUT2D eigenvalue weighted by Gasteiger charge is 2.33. The van der Waals surface area contributed by atoms with Crippen LogP contribution in [0.2, 0.25) is 0 Å². The first-order valence-electron chi connectivity index (χ1n) is 13.1. The summed E-state index contributed by atoms with van der Waals surface area (Å²) in [5, 5.41) is 2.87. The highest BCUT2D eigenvalue weighted by molar-refractivity contribution is 9.10. The van der Waals surface area contributed by atoms with Crippen molar-refractivity contribution in [2.75, 3.05) is 17.5 Å². The smallest absolute Gasteiger partial charge is 0.264 e. The fourth-order valence-electron chi connectivity index (χ4n) is 3.98. The third kappa shape index (κ3) is 8.77. The van der Waals surface area contributed by atoms with E-state index < -0.39 is 45.8 Å². The molecule has 220 valence electrons. The first kappa shape index (κ1) is 32.1. The van der Waals surface area contributed by atoms with Gasteiger partial charge in [0.15, 0.2) is 0 Å². The fourth-order valence-corrected chi connectivity index (χ4v) is 5.66. The van der Waals surface area contributed by atoms with E-state index in [1.165, 1.54) is 41.3 Å². The highest BCUT2D eigenvalue weighted by Crippen LogP contribution is 2.27. The average molecular weight is 649 g/mol. The first-order valence-corrected chi connectivity index (χ1v) is 15.3. The summed E-state index contributed by atoms with van der Waals surface area (Å²) in [5.41, 5.74) is 0.270. The van der Waals surface area contributed by atoms with Gasteiger partial charge >= 0.3 is 0 Å². The van der Waals surface area contributed by atoms with Gasteiger partial charge in [-0.15, -0.1) is 0 Å². The van der Waals surface area contributed by atoms with Gasteiger partial charge < -0.3 is 15.0 Å². The number of rotatable bonds is 11. The molecule has 3 aromatic carbocycles. The summed E-state index contributed by atoms with van der Waals surface area (Å²) >= 11 is 3.32. The zero-order chi connectivity index (χ0) is 30.4. The lowest BCUT2D eigenvalue weighted by molar-refractivity contribution is -0.140. The van der Waals surface area contributed by atoms with Crippen LogP contribution in [0.1, 0.15) is 40.2 Å². The zero-order valence-corrected chi connectivity index (χ0v) is 26.1. The van der Waals surface area contributed by atoms with Crippen LogP contribution < -0.4 is 14.4 Å². The normalized spacial score (nSPS) is 12.4. The summed E-state index contributed by atoms with van der Waals surface area (Å²) in [4.78, 5) is 28.4. The maximum absolute atomic E-state index is 13.9. The summed E-state index contributed by atoms with van der Waals surface area (Å²) in [6.45, 7) is 8.70. The Morgan fingerprint density at radius 3 is 2.10 bits per heavy atom. The number of nitrogens with zero attached hydrogens (tertiary/aromatic N) is 2. The van der Waals surface area contributed by atoms with Gasteiger partial charge in [-0.2, -0.15) is 0 Å². The largest absolute Gasteiger partial charge is 0.494 e. The van der Waals surface area contributed by atoms with Crippen molar-refractivity contribution >= 4 is 43.5 Å². The van der Waals surface area contributed by atoms with Crippen molar-refractivity contribution in [2.45, 2.75) is 57.6 Å². The van der Waals surface area contributed by atoms with Crippen LogP contribution in [-0.2, 0) is 26.2 Å². The maximum Gasteiger partial charge on any atom is 0.264 e. The number of carbonyl (C=O) groups excluding carboxylic acids is 2. The predicted molar refractivity (Wildman–Crippen MR) is 161 cm³/mol. The monoisotopic (exact) mass is 647 g/mol. The van der Waals surface area contributed by atoms with Gasteiger partial charge in [-0.1, -0.05) is 28.1 Å². The number of halogens is 2. The standard InChI is InChI=1S/C30H35BrFN3O5S/c1-6-40-26-15-13-25(14-16-26)35(41(38,39)27-17-9-23(31)10-18-27)20-28(36)34(19-22-7-11-24(32)12-8-22)21(2)29(37)33-30(3,4)5/h7-18,21H,6,19-20H2,1-5H3,(H,33,37)/t21-/m0/s1. The lowest BCUT2D eigenvalue weighted by atomic mass is 10.1. The second-order valence-corrected chi connectivity index (χ2v) is 13.2. The highest BCUT2D eigenvalue weighted by atomic mass is 79.9. The average Bonchev–Trinajstić information content (AvgIpc) is 2.91. The molecule has 0 fully saturated rings. The van der Waals surface area contributed by atoms with E-state index in [4.69, 9.17) is 4.74 Å². The Morgan fingerprint density at radius 1 is 0.976 bits per heavy atom. The number of carbonyl (C=O) groups is 2. The maximum atomic E-state index is 13.9. The van der Waals surface area contributed by atoms with Gasteiger partial charge in [-0.25, -0.2) is 12.8 Å². The minimum Gasteiger partial charge on any atom is -0.494 e. The first-order chi connectivity index (χ1) is 19.2. The molecule has 0 aliphatic heterocycles. The van der Waals surface area contributed by atoms with Gasteiger partial charge in [-0.3, -0.25) is 13.9 Å². The minimum absolute atomic E-state index is 0.00834. The molecule has 0 aliphatic rings. The second-order valence-electron chi connectivity index (χ2n) is 10.5. The van der Waals surface area contributed by atoms with E-state index in [2.05, 4.69) is 21.2 Å². The number of hydrogen-bond acceptors (Lipinski definition) is 5. The van der Waals surface area contributed by atoms with Crippen molar-refractivity contribution in [3.05, 3.63) is 88.6 Å². The molecule has 0 aromatic heterocycles. The minimum atomic E-state index is -4.20. The number of ether oxygens (including phenoxy) is 1. The number of benzene rings is 3. The molecule has 0 aliphatic carbocycles. The molecule has 3 aromatic rings. The predicted octanol–water partition coefficient (Wildman–Crippen LogP) is 5.51. The van der Waals surface area contributed by atoms with Gasteiger partial charge in [0, 0.05) is 16.6 Å². The number of amides is 2. The van der Waals surface area contributed by atoms with Crippen LogP contribution in [-0.4, -0.2) is 49.9 Å². The van der Waals surface area contributed by atoms with Crippen molar-refractivity contribution < 1.29 is 27.1 Å². The van der Waals surface area contributed by atoms with Gasteiger partial charge in [-0.05, 0) is 101 Å². The number of nitrogens with one attached hydrogen (secondary N) is 1. The Balaban J connectivity index is 2.03. The summed E-state index contributed by atoms with van der Waals surface area (Å²) in [7, 11) is -4.20. The Kier molecular flexibility index (Phi) is 10.5. The number of anilines is 1. The molecule has 0 unspecified atom stereocenters. The number of hydrogen-bond donors (Lipinski definition) is 1. The van der Waals surface area contributed by atoms with E-state index in [1.807, 2.05) is 27.7 Å². The molecule has 0 spiro atoms. The van der Waals surface area contributed by atoms with Crippen molar-refractivity contribution in [3.8, 4) is 5.75 Å². The van der Waals surface area contributed by atoms with Crippen molar-refractivity contribution in [3.63, 3.8) is 0 Å². The van der Waals surface area contributed by atoms with Crippen molar-refractivity contribution in [1.29, 1.82) is 0 Å². The lowest BCUT2D eigenvalue weighted by Crippen LogP contribution is -2.54. The molecule has 11 heteroatoms. The molecule has 0 bridgehead atoms. The van der Waals surface area contributed by atoms with Crippen LogP contribution in [0.5, 0.6) is 5.75 Å². The topological polar surface area (TPSA) is 96.0 Å². The van der Waals surface area contributed by atoms with E-state index in [0.717, 1.165) is 4.31 Å². The fraction of sp³-hybridized carbons (Fsp3) is 0.333. The van der Waals surface area contributed by atoms with E-state index in [-0.39, 0.29) is 17.1 Å². The summed E-state index contributed by atoms with van der Waals surface area (Å²) in [6.07, 6.45) is 0. The summed E-state index contributed by atoms with van der Waals surface area (Å²) in [5.74, 6) is -0.904. The zero-order valence-electron chi connectivity index (χ0n) is 23.7. The van der Waals surface area contributed by atoms with E-state index >= 15 is 0 Å². The Bertz CT molecular complexity index is 1440. The van der Waals surface area contributed by atoms with Crippen LogP contribution in [0.15, 0.2) is 82.2 Å². The molecule has 0 saturated carbocycles. The third-order valence-corrected chi connectivity index (χ3v) is 8.36. The molecule has 3 rings (SSSR count). The molecule has 0 radical (unpaired) electrons. The Hall–Kier alpha value is -3.44. The molecule has 41 heavy (non-hydrogen) atoms. The molecule has 8 nitrogen and oxygen atoms in total.